The van der Waals surface area contributed by atoms with E-state index in [2.05, 4.69) is 0 Å². The van der Waals surface area contributed by atoms with Crippen LogP contribution >= 0.6 is 0 Å². The number of nitrogens with two attached hydrogens (primary N) is 1. The minimum atomic E-state index is -0.488. The van der Waals surface area contributed by atoms with Crippen molar-refractivity contribution < 1.29 is 13.9 Å². The Kier molecular flexibility index (Phi) is 5.57. The van der Waals surface area contributed by atoms with Crippen molar-refractivity contribution in [1.82, 2.24) is 4.90 Å². The van der Waals surface area contributed by atoms with Gasteiger partial charge in [0.2, 0.25) is 0 Å². The van der Waals surface area contributed by atoms with Gasteiger partial charge in [0.25, 0.3) is 5.91 Å². The minimum Gasteiger partial charge on any atom is -0.497 e. The van der Waals surface area contributed by atoms with Gasteiger partial charge in [-0.15, -0.1) is 0 Å². The van der Waals surface area contributed by atoms with Crippen LogP contribution in [0.1, 0.15) is 30.1 Å². The Hall–Kier alpha value is -2.40. The zero-order valence-corrected chi connectivity index (χ0v) is 15.2. The van der Waals surface area contributed by atoms with Crippen LogP contribution < -0.4 is 10.5 Å². The van der Waals surface area contributed by atoms with Gasteiger partial charge in [0.05, 0.1) is 12.7 Å². The highest BCUT2D eigenvalue weighted by Gasteiger charge is 2.26. The lowest BCUT2D eigenvalue weighted by atomic mass is 9.90. The van der Waals surface area contributed by atoms with Crippen LogP contribution in [0.4, 0.5) is 4.39 Å². The highest BCUT2D eigenvalue weighted by Crippen LogP contribution is 2.26. The van der Waals surface area contributed by atoms with Crippen LogP contribution in [0.3, 0.4) is 0 Å². The molecule has 2 N–H and O–H groups in total. The van der Waals surface area contributed by atoms with Crippen molar-refractivity contribution in [2.45, 2.75) is 25.8 Å². The average molecular weight is 356 g/mol. The summed E-state index contributed by atoms with van der Waals surface area (Å²) in [5, 5.41) is 0. The summed E-state index contributed by atoms with van der Waals surface area (Å²) in [5.74, 6) is 0.446. The van der Waals surface area contributed by atoms with Crippen molar-refractivity contribution in [2.24, 2.45) is 11.7 Å². The van der Waals surface area contributed by atoms with Gasteiger partial charge in [0.1, 0.15) is 11.6 Å². The van der Waals surface area contributed by atoms with Crippen LogP contribution in [0.25, 0.3) is 11.1 Å². The Bertz CT molecular complexity index is 766. The normalized spacial score (nSPS) is 16.4. The number of rotatable bonds is 4. The molecule has 0 aromatic heterocycles. The highest BCUT2D eigenvalue weighted by atomic mass is 19.1. The fourth-order valence-electron chi connectivity index (χ4n) is 3.45. The van der Waals surface area contributed by atoms with E-state index < -0.39 is 5.82 Å². The maximum atomic E-state index is 14.6. The molecule has 0 spiro atoms. The van der Waals surface area contributed by atoms with Crippen LogP contribution in [-0.2, 0) is 0 Å². The van der Waals surface area contributed by atoms with Crippen LogP contribution in [0, 0.1) is 11.7 Å². The zero-order valence-electron chi connectivity index (χ0n) is 15.2. The summed E-state index contributed by atoms with van der Waals surface area (Å²) in [5.41, 5.74) is 7.68. The van der Waals surface area contributed by atoms with Crippen LogP contribution in [0.2, 0.25) is 0 Å². The summed E-state index contributed by atoms with van der Waals surface area (Å²) in [6.45, 7) is 3.26. The molecule has 1 aliphatic heterocycles. The van der Waals surface area contributed by atoms with Crippen molar-refractivity contribution in [1.29, 1.82) is 0 Å². The second kappa shape index (κ2) is 7.87. The van der Waals surface area contributed by atoms with E-state index in [1.165, 1.54) is 6.07 Å². The molecule has 5 heteroatoms. The Morgan fingerprint density at radius 1 is 1.15 bits per heavy atom. The third-order valence-corrected chi connectivity index (χ3v) is 5.19. The Labute approximate surface area is 153 Å². The van der Waals surface area contributed by atoms with E-state index in [-0.39, 0.29) is 17.5 Å². The molecule has 1 saturated heterocycles. The van der Waals surface area contributed by atoms with E-state index in [0.29, 0.717) is 19.0 Å². The summed E-state index contributed by atoms with van der Waals surface area (Å²) >= 11 is 0. The first-order valence-electron chi connectivity index (χ1n) is 8.98. The summed E-state index contributed by atoms with van der Waals surface area (Å²) in [4.78, 5) is 14.4. The quantitative estimate of drug-likeness (QED) is 0.909. The predicted octanol–water partition coefficient (Wildman–Crippen LogP) is 3.70. The Morgan fingerprint density at radius 2 is 1.77 bits per heavy atom. The number of likely N-dealkylation sites (tertiary alicyclic amines) is 1. The first kappa shape index (κ1) is 18.4. The molecule has 0 radical (unpaired) electrons. The van der Waals surface area contributed by atoms with Crippen molar-refractivity contribution >= 4 is 5.91 Å². The van der Waals surface area contributed by atoms with Crippen molar-refractivity contribution in [3.05, 3.63) is 53.8 Å². The van der Waals surface area contributed by atoms with Gasteiger partial charge >= 0.3 is 0 Å². The number of piperidine rings is 1. The molecule has 0 bridgehead atoms. The molecule has 2 aromatic rings. The number of amides is 1. The molecule has 1 heterocycles. The predicted molar refractivity (Wildman–Crippen MR) is 101 cm³/mol. The molecule has 1 fully saturated rings. The van der Waals surface area contributed by atoms with Gasteiger partial charge in [0.15, 0.2) is 0 Å². The standard InChI is InChI=1S/C21H25FN2O2/c1-14(23)15-9-11-24(12-10-15)21(25)19-8-5-17(13-20(19)22)16-3-6-18(26-2)7-4-16/h3-8,13-15H,9-12,23H2,1-2H3. The van der Waals surface area contributed by atoms with Gasteiger partial charge in [0, 0.05) is 19.1 Å². The largest absolute Gasteiger partial charge is 0.497 e. The molecule has 4 nitrogen and oxygen atoms in total. The Balaban J connectivity index is 1.74. The molecule has 138 valence electrons. The molecule has 26 heavy (non-hydrogen) atoms. The Morgan fingerprint density at radius 3 is 2.31 bits per heavy atom. The van der Waals surface area contributed by atoms with Gasteiger partial charge in [-0.25, -0.2) is 4.39 Å². The van der Waals surface area contributed by atoms with E-state index in [1.54, 1.807) is 24.1 Å². The van der Waals surface area contributed by atoms with E-state index in [0.717, 1.165) is 29.7 Å². The molecule has 1 atom stereocenters. The number of hydrogen-bond acceptors (Lipinski definition) is 3. The van der Waals surface area contributed by atoms with Crippen molar-refractivity contribution in [3.8, 4) is 16.9 Å². The number of hydrogen-bond donors (Lipinski definition) is 1. The lowest BCUT2D eigenvalue weighted by Gasteiger charge is -2.33. The summed E-state index contributed by atoms with van der Waals surface area (Å²) in [6, 6.07) is 12.3. The van der Waals surface area contributed by atoms with E-state index in [4.69, 9.17) is 10.5 Å². The van der Waals surface area contributed by atoms with Gasteiger partial charge in [-0.05, 0) is 61.1 Å². The minimum absolute atomic E-state index is 0.126. The summed E-state index contributed by atoms with van der Waals surface area (Å²) < 4.78 is 19.7. The topological polar surface area (TPSA) is 55.6 Å². The first-order valence-corrected chi connectivity index (χ1v) is 8.98. The number of carbonyl (C=O) groups excluding carboxylic acids is 1. The van der Waals surface area contributed by atoms with Crippen LogP contribution in [0.15, 0.2) is 42.5 Å². The van der Waals surface area contributed by atoms with Gasteiger partial charge in [-0.2, -0.15) is 0 Å². The SMILES string of the molecule is COc1ccc(-c2ccc(C(=O)N3CCC(C(C)N)CC3)c(F)c2)cc1. The number of halogens is 1. The lowest BCUT2D eigenvalue weighted by Crippen LogP contribution is -2.42. The third-order valence-electron chi connectivity index (χ3n) is 5.19. The molecule has 0 aliphatic carbocycles. The number of benzene rings is 2. The van der Waals surface area contributed by atoms with Crippen LogP contribution in [-0.4, -0.2) is 37.0 Å². The van der Waals surface area contributed by atoms with Gasteiger partial charge in [-0.3, -0.25) is 4.79 Å². The smallest absolute Gasteiger partial charge is 0.256 e. The third kappa shape index (κ3) is 3.88. The molecule has 1 aliphatic rings. The highest BCUT2D eigenvalue weighted by molar-refractivity contribution is 5.95. The van der Waals surface area contributed by atoms with Gasteiger partial charge in [-0.1, -0.05) is 18.2 Å². The zero-order chi connectivity index (χ0) is 18.7. The number of nitrogens with zero attached hydrogens (tertiary/aromatic N) is 1. The molecule has 0 saturated carbocycles. The number of methoxy groups -OCH3 is 1. The van der Waals surface area contributed by atoms with Crippen molar-refractivity contribution in [3.63, 3.8) is 0 Å². The first-order chi connectivity index (χ1) is 12.5. The molecule has 3 rings (SSSR count). The fourth-order valence-corrected chi connectivity index (χ4v) is 3.45. The molecular weight excluding hydrogens is 331 g/mol. The number of carbonyl (C=O) groups is 1. The van der Waals surface area contributed by atoms with Crippen molar-refractivity contribution in [2.75, 3.05) is 20.2 Å². The van der Waals surface area contributed by atoms with E-state index in [1.807, 2.05) is 31.2 Å². The molecule has 1 amide bonds. The maximum Gasteiger partial charge on any atom is 0.256 e. The van der Waals surface area contributed by atoms with E-state index in [9.17, 15) is 9.18 Å². The second-order valence-electron chi connectivity index (χ2n) is 6.91. The summed E-state index contributed by atoms with van der Waals surface area (Å²) in [7, 11) is 1.60. The second-order valence-corrected chi connectivity index (χ2v) is 6.91. The molecule has 1 unspecified atom stereocenters. The number of ether oxygens (including phenoxy) is 1. The van der Waals surface area contributed by atoms with E-state index >= 15 is 0 Å². The molecule has 2 aromatic carbocycles. The fraction of sp³-hybridized carbons (Fsp3) is 0.381. The summed E-state index contributed by atoms with van der Waals surface area (Å²) in [6.07, 6.45) is 1.74. The lowest BCUT2D eigenvalue weighted by molar-refractivity contribution is 0.0676. The monoisotopic (exact) mass is 356 g/mol. The van der Waals surface area contributed by atoms with Gasteiger partial charge < -0.3 is 15.4 Å². The molecular formula is C21H25FN2O2. The average Bonchev–Trinajstić information content (AvgIpc) is 2.67. The maximum absolute atomic E-state index is 14.6. The van der Waals surface area contributed by atoms with Crippen LogP contribution in [0.5, 0.6) is 5.75 Å².